The van der Waals surface area contributed by atoms with Crippen LogP contribution in [0.1, 0.15) is 36.8 Å². The number of aliphatic hydroxyl groups is 1. The number of benzene rings is 1. The molecule has 2 heterocycles. The van der Waals surface area contributed by atoms with Gasteiger partial charge in [-0.1, -0.05) is 0 Å². The molecule has 0 bridgehead atoms. The maximum Gasteiger partial charge on any atom is 0.415 e. The van der Waals surface area contributed by atoms with E-state index in [4.69, 9.17) is 14.2 Å². The second-order valence-corrected chi connectivity index (χ2v) is 8.16. The number of nitrogens with zero attached hydrogens (tertiary/aromatic N) is 2. The third-order valence-electron chi connectivity index (χ3n) is 5.01. The lowest BCUT2D eigenvalue weighted by molar-refractivity contribution is -0.142. The Morgan fingerprint density at radius 1 is 1.23 bits per heavy atom. The Kier molecular flexibility index (Phi) is 5.65. The fourth-order valence-electron chi connectivity index (χ4n) is 3.39. The van der Waals surface area contributed by atoms with E-state index < -0.39 is 35.6 Å². The number of aromatic nitrogens is 1. The highest BCUT2D eigenvalue weighted by Gasteiger charge is 2.40. The number of hydrogen-bond donors (Lipinski definition) is 2. The summed E-state index contributed by atoms with van der Waals surface area (Å²) in [6, 6.07) is 3.62. The maximum atomic E-state index is 12.6. The number of nitriles is 1. The number of nitrogens with one attached hydrogen (secondary N) is 1. The third kappa shape index (κ3) is 3.80. The van der Waals surface area contributed by atoms with Gasteiger partial charge in [0.2, 0.25) is 0 Å². The van der Waals surface area contributed by atoms with Crippen LogP contribution in [0, 0.1) is 16.7 Å². The van der Waals surface area contributed by atoms with Crippen LogP contribution in [0.25, 0.3) is 10.9 Å². The Hall–Kier alpha value is -3.58. The molecule has 31 heavy (non-hydrogen) atoms. The minimum absolute atomic E-state index is 0.0313. The molecule has 2 atom stereocenters. The molecule has 164 valence electrons. The van der Waals surface area contributed by atoms with Gasteiger partial charge in [0, 0.05) is 17.9 Å². The lowest BCUT2D eigenvalue weighted by Gasteiger charge is -2.36. The predicted molar refractivity (Wildman–Crippen MR) is 109 cm³/mol. The molecular formula is C21H23N3O7. The average Bonchev–Trinajstić information content (AvgIpc) is 3.17. The van der Waals surface area contributed by atoms with Gasteiger partial charge in [-0.3, -0.25) is 9.69 Å². The van der Waals surface area contributed by atoms with Crippen molar-refractivity contribution in [1.82, 2.24) is 4.98 Å². The molecule has 1 aliphatic heterocycles. The van der Waals surface area contributed by atoms with Crippen molar-refractivity contribution in [3.05, 3.63) is 23.4 Å². The van der Waals surface area contributed by atoms with Crippen LogP contribution >= 0.6 is 0 Å². The Morgan fingerprint density at radius 2 is 1.90 bits per heavy atom. The number of carbonyl (C=O) groups excluding carboxylic acids is 3. The van der Waals surface area contributed by atoms with Crippen molar-refractivity contribution in [2.45, 2.75) is 39.3 Å². The van der Waals surface area contributed by atoms with Crippen LogP contribution in [-0.2, 0) is 20.7 Å². The van der Waals surface area contributed by atoms with Crippen LogP contribution in [0.2, 0.25) is 0 Å². The minimum atomic E-state index is -1.21. The molecule has 1 aromatic heterocycles. The van der Waals surface area contributed by atoms with Crippen molar-refractivity contribution in [2.75, 3.05) is 19.1 Å². The fourth-order valence-corrected chi connectivity index (χ4v) is 3.39. The van der Waals surface area contributed by atoms with Gasteiger partial charge < -0.3 is 24.3 Å². The minimum Gasteiger partial charge on any atom is -0.464 e. The van der Waals surface area contributed by atoms with Gasteiger partial charge in [-0.15, -0.1) is 0 Å². The predicted octanol–water partition coefficient (Wildman–Crippen LogP) is 2.29. The van der Waals surface area contributed by atoms with E-state index in [1.54, 1.807) is 20.8 Å². The number of anilines is 1. The summed E-state index contributed by atoms with van der Waals surface area (Å²) in [5.74, 6) is -1.12. The summed E-state index contributed by atoms with van der Waals surface area (Å²) in [5.41, 5.74) is 0.322. The summed E-state index contributed by atoms with van der Waals surface area (Å²) in [6.45, 7) is 5.05. The standard InChI is InChI=1S/C21H23N3O7/c1-21(2,3)19(27)31-16-8-13-10(11-6-12(18(26)29-4)23-17(11)16)7-15(25)14(9-22)24(13)20(28)30-5/h6,8,14-15,23,25H,7H2,1-5H3. The molecule has 1 aliphatic rings. The first-order valence-electron chi connectivity index (χ1n) is 9.47. The number of methoxy groups -OCH3 is 2. The molecule has 0 radical (unpaired) electrons. The molecule has 1 aromatic carbocycles. The molecule has 10 heteroatoms. The third-order valence-corrected chi connectivity index (χ3v) is 5.01. The first kappa shape index (κ1) is 22.1. The number of rotatable bonds is 2. The molecule has 0 saturated heterocycles. The zero-order valence-corrected chi connectivity index (χ0v) is 17.8. The van der Waals surface area contributed by atoms with Gasteiger partial charge in [0.15, 0.2) is 11.8 Å². The fraction of sp³-hybridized carbons (Fsp3) is 0.429. The molecule has 0 saturated carbocycles. The second kappa shape index (κ2) is 7.92. The normalized spacial score (nSPS) is 18.2. The lowest BCUT2D eigenvalue weighted by Crippen LogP contribution is -2.50. The van der Waals surface area contributed by atoms with E-state index in [0.29, 0.717) is 16.5 Å². The molecule has 10 nitrogen and oxygen atoms in total. The summed E-state index contributed by atoms with van der Waals surface area (Å²) >= 11 is 0. The van der Waals surface area contributed by atoms with Gasteiger partial charge >= 0.3 is 18.0 Å². The maximum absolute atomic E-state index is 12.6. The quantitative estimate of drug-likeness (QED) is 0.547. The monoisotopic (exact) mass is 429 g/mol. The van der Waals surface area contributed by atoms with Gasteiger partial charge in [-0.2, -0.15) is 5.26 Å². The molecule has 0 spiro atoms. The molecule has 0 fully saturated rings. The van der Waals surface area contributed by atoms with Crippen LogP contribution in [0.15, 0.2) is 12.1 Å². The molecule has 0 aliphatic carbocycles. The summed E-state index contributed by atoms with van der Waals surface area (Å²) in [6.07, 6.45) is -2.02. The van der Waals surface area contributed by atoms with Crippen molar-refractivity contribution >= 4 is 34.6 Å². The van der Waals surface area contributed by atoms with E-state index in [2.05, 4.69) is 4.98 Å². The number of amides is 1. The lowest BCUT2D eigenvalue weighted by atomic mass is 9.91. The van der Waals surface area contributed by atoms with Crippen molar-refractivity contribution in [2.24, 2.45) is 5.41 Å². The van der Waals surface area contributed by atoms with E-state index in [1.165, 1.54) is 19.2 Å². The molecule has 1 amide bonds. The first-order chi connectivity index (χ1) is 14.5. The Morgan fingerprint density at radius 3 is 2.45 bits per heavy atom. The number of carbonyl (C=O) groups is 3. The van der Waals surface area contributed by atoms with Crippen molar-refractivity contribution in [3.63, 3.8) is 0 Å². The van der Waals surface area contributed by atoms with E-state index in [0.717, 1.165) is 12.0 Å². The van der Waals surface area contributed by atoms with Crippen LogP contribution in [0.4, 0.5) is 10.5 Å². The zero-order valence-electron chi connectivity index (χ0n) is 17.8. The van der Waals surface area contributed by atoms with Crippen LogP contribution in [0.3, 0.4) is 0 Å². The highest BCUT2D eigenvalue weighted by atomic mass is 16.5. The number of fused-ring (bicyclic) bond motifs is 3. The number of aliphatic hydroxyl groups excluding tert-OH is 1. The summed E-state index contributed by atoms with van der Waals surface area (Å²) < 4.78 is 15.2. The van der Waals surface area contributed by atoms with Gasteiger partial charge in [0.25, 0.3) is 0 Å². The van der Waals surface area contributed by atoms with Crippen LogP contribution in [-0.4, -0.2) is 54.5 Å². The number of hydrogen-bond acceptors (Lipinski definition) is 8. The summed E-state index contributed by atoms with van der Waals surface area (Å²) in [7, 11) is 2.38. The molecule has 3 rings (SSSR count). The van der Waals surface area contributed by atoms with Gasteiger partial charge in [-0.25, -0.2) is 9.59 Å². The first-order valence-corrected chi connectivity index (χ1v) is 9.47. The highest BCUT2D eigenvalue weighted by Crippen LogP contribution is 2.42. The van der Waals surface area contributed by atoms with Crippen LogP contribution < -0.4 is 9.64 Å². The van der Waals surface area contributed by atoms with Crippen molar-refractivity contribution in [3.8, 4) is 11.8 Å². The largest absolute Gasteiger partial charge is 0.464 e. The molecule has 2 N–H and O–H groups in total. The van der Waals surface area contributed by atoms with E-state index in [-0.39, 0.29) is 23.6 Å². The topological polar surface area (TPSA) is 142 Å². The van der Waals surface area contributed by atoms with Gasteiger partial charge in [0.1, 0.15) is 5.69 Å². The van der Waals surface area contributed by atoms with Gasteiger partial charge in [-0.05, 0) is 32.4 Å². The molecule has 2 unspecified atom stereocenters. The second-order valence-electron chi connectivity index (χ2n) is 8.16. The average molecular weight is 429 g/mol. The molecule has 2 aromatic rings. The number of esters is 2. The Labute approximate surface area is 178 Å². The highest BCUT2D eigenvalue weighted by molar-refractivity contribution is 6.04. The van der Waals surface area contributed by atoms with E-state index >= 15 is 0 Å². The summed E-state index contributed by atoms with van der Waals surface area (Å²) in [5, 5.41) is 20.5. The Balaban J connectivity index is 2.31. The number of aromatic amines is 1. The van der Waals surface area contributed by atoms with Crippen molar-refractivity contribution < 1.29 is 33.7 Å². The van der Waals surface area contributed by atoms with Crippen LogP contribution in [0.5, 0.6) is 5.75 Å². The summed E-state index contributed by atoms with van der Waals surface area (Å²) in [4.78, 5) is 41.0. The zero-order chi connectivity index (χ0) is 23.1. The smallest absolute Gasteiger partial charge is 0.415 e. The SMILES string of the molecule is COC(=O)c1cc2c3c(cc(OC(=O)C(C)(C)C)c2[nH]1)N(C(=O)OC)C(C#N)C(O)C3. The number of ether oxygens (including phenoxy) is 3. The molecular weight excluding hydrogens is 406 g/mol. The van der Waals surface area contributed by atoms with E-state index in [9.17, 15) is 24.8 Å². The number of H-pyrrole nitrogens is 1. The van der Waals surface area contributed by atoms with Crippen molar-refractivity contribution in [1.29, 1.82) is 5.26 Å². The Bertz CT molecular complexity index is 1110. The van der Waals surface area contributed by atoms with Gasteiger partial charge in [0.05, 0.1) is 43.0 Å². The van der Waals surface area contributed by atoms with E-state index in [1.807, 2.05) is 6.07 Å².